The number of carbonyl (C=O) groups is 2. The second-order valence-electron chi connectivity index (χ2n) is 13.0. The van der Waals surface area contributed by atoms with E-state index in [1.165, 1.54) is 11.1 Å². The third-order valence-electron chi connectivity index (χ3n) is 9.99. The number of rotatable bonds is 12. The number of hydrogen-bond donors (Lipinski definition) is 0. The van der Waals surface area contributed by atoms with Crippen molar-refractivity contribution < 1.29 is 18.6 Å². The second kappa shape index (κ2) is 14.0. The summed E-state index contributed by atoms with van der Waals surface area (Å²) in [5.74, 6) is 2.66. The third kappa shape index (κ3) is 6.76. The molecule has 2 saturated heterocycles. The van der Waals surface area contributed by atoms with Crippen LogP contribution in [0.25, 0.3) is 0 Å². The first-order valence-electron chi connectivity index (χ1n) is 17.0. The van der Waals surface area contributed by atoms with Gasteiger partial charge in [0.15, 0.2) is 11.6 Å². The monoisotopic (exact) mass is 622 g/mol. The SMILES string of the molecule is O=C(C1CCC(C(=O)N2CC[C@@H]2c2nc(CCCc3ccccc3)no2)CC1)N1CC[C@@H]1c1nc(CCCc2ccccc2)no1. The van der Waals surface area contributed by atoms with E-state index in [2.05, 4.69) is 68.8 Å². The van der Waals surface area contributed by atoms with Crippen molar-refractivity contribution in [3.63, 3.8) is 0 Å². The predicted octanol–water partition coefficient (Wildman–Crippen LogP) is 5.86. The Morgan fingerprint density at radius 3 is 1.37 bits per heavy atom. The van der Waals surface area contributed by atoms with Gasteiger partial charge in [-0.05, 0) is 75.3 Å². The van der Waals surface area contributed by atoms with E-state index < -0.39 is 0 Å². The van der Waals surface area contributed by atoms with Crippen LogP contribution in [0.3, 0.4) is 0 Å². The minimum absolute atomic E-state index is 0.0679. The fourth-order valence-corrected chi connectivity index (χ4v) is 7.07. The molecule has 2 atom stereocenters. The maximum atomic E-state index is 13.5. The van der Waals surface area contributed by atoms with E-state index in [0.29, 0.717) is 36.5 Å². The minimum Gasteiger partial charge on any atom is -0.337 e. The largest absolute Gasteiger partial charge is 0.337 e. The Kier molecular flexibility index (Phi) is 9.21. The minimum atomic E-state index is -0.137. The van der Waals surface area contributed by atoms with Crippen LogP contribution in [0.1, 0.15) is 98.0 Å². The van der Waals surface area contributed by atoms with Gasteiger partial charge in [0.05, 0.1) is 0 Å². The molecule has 46 heavy (non-hydrogen) atoms. The quantitative estimate of drug-likeness (QED) is 0.193. The average molecular weight is 623 g/mol. The van der Waals surface area contributed by atoms with Gasteiger partial charge in [-0.25, -0.2) is 0 Å². The molecule has 0 bridgehead atoms. The third-order valence-corrected chi connectivity index (χ3v) is 9.99. The lowest BCUT2D eigenvalue weighted by atomic mass is 9.79. The first-order chi connectivity index (χ1) is 22.6. The summed E-state index contributed by atoms with van der Waals surface area (Å²) in [4.78, 5) is 40.0. The fourth-order valence-electron chi connectivity index (χ4n) is 7.07. The lowest BCUT2D eigenvalue weighted by Crippen LogP contribution is -2.50. The van der Waals surface area contributed by atoms with Crippen molar-refractivity contribution in [2.24, 2.45) is 11.8 Å². The van der Waals surface area contributed by atoms with Gasteiger partial charge in [0, 0.05) is 37.8 Å². The lowest BCUT2D eigenvalue weighted by Gasteiger charge is -2.43. The smallest absolute Gasteiger partial charge is 0.249 e. The molecule has 2 aromatic carbocycles. The summed E-state index contributed by atoms with van der Waals surface area (Å²) in [6, 6.07) is 20.5. The van der Waals surface area contributed by atoms with E-state index in [4.69, 9.17) is 9.05 Å². The van der Waals surface area contributed by atoms with Gasteiger partial charge in [0.25, 0.3) is 0 Å². The summed E-state index contributed by atoms with van der Waals surface area (Å²) < 4.78 is 11.2. The Hall–Kier alpha value is -4.34. The molecular weight excluding hydrogens is 580 g/mol. The van der Waals surface area contributed by atoms with Gasteiger partial charge >= 0.3 is 0 Å². The fraction of sp³-hybridized carbons (Fsp3) is 0.500. The molecule has 240 valence electrons. The Morgan fingerprint density at radius 1 is 0.587 bits per heavy atom. The molecule has 0 radical (unpaired) electrons. The predicted molar refractivity (Wildman–Crippen MR) is 169 cm³/mol. The van der Waals surface area contributed by atoms with Crippen molar-refractivity contribution in [1.82, 2.24) is 30.1 Å². The lowest BCUT2D eigenvalue weighted by molar-refractivity contribution is -0.151. The van der Waals surface area contributed by atoms with E-state index in [9.17, 15) is 9.59 Å². The number of amides is 2. The van der Waals surface area contributed by atoms with Crippen LogP contribution < -0.4 is 0 Å². The Bertz CT molecular complexity index is 1480. The number of nitrogens with zero attached hydrogens (tertiary/aromatic N) is 6. The van der Waals surface area contributed by atoms with Crippen molar-refractivity contribution >= 4 is 11.8 Å². The van der Waals surface area contributed by atoms with E-state index in [1.807, 2.05) is 21.9 Å². The first kappa shape index (κ1) is 30.3. The van der Waals surface area contributed by atoms with E-state index >= 15 is 0 Å². The first-order valence-corrected chi connectivity index (χ1v) is 17.0. The summed E-state index contributed by atoms with van der Waals surface area (Å²) in [6.07, 6.45) is 9.88. The molecule has 2 amide bonds. The summed E-state index contributed by atoms with van der Waals surface area (Å²) in [7, 11) is 0. The molecule has 7 rings (SSSR count). The van der Waals surface area contributed by atoms with Gasteiger partial charge in [0.1, 0.15) is 12.1 Å². The van der Waals surface area contributed by atoms with Crippen molar-refractivity contribution in [3.8, 4) is 0 Å². The van der Waals surface area contributed by atoms with Crippen molar-refractivity contribution in [1.29, 1.82) is 0 Å². The molecule has 0 spiro atoms. The topological polar surface area (TPSA) is 118 Å². The Labute approximate surface area is 269 Å². The van der Waals surface area contributed by atoms with Gasteiger partial charge in [-0.3, -0.25) is 9.59 Å². The van der Waals surface area contributed by atoms with Gasteiger partial charge in [-0.2, -0.15) is 9.97 Å². The van der Waals surface area contributed by atoms with Crippen LogP contribution >= 0.6 is 0 Å². The molecule has 0 N–H and O–H groups in total. The Balaban J connectivity index is 0.853. The molecule has 10 nitrogen and oxygen atoms in total. The van der Waals surface area contributed by atoms with E-state index in [1.54, 1.807) is 0 Å². The van der Waals surface area contributed by atoms with Crippen LogP contribution in [-0.4, -0.2) is 55.0 Å². The molecule has 0 unspecified atom stereocenters. The summed E-state index contributed by atoms with van der Waals surface area (Å²) in [5.41, 5.74) is 2.60. The van der Waals surface area contributed by atoms with Crippen LogP contribution in [0.15, 0.2) is 69.7 Å². The number of carbonyl (C=O) groups excluding carboxylic acids is 2. The zero-order chi connectivity index (χ0) is 31.3. The highest BCUT2D eigenvalue weighted by Crippen LogP contribution is 2.40. The van der Waals surface area contributed by atoms with Crippen molar-refractivity contribution in [2.45, 2.75) is 89.1 Å². The molecule has 3 fully saturated rings. The number of likely N-dealkylation sites (tertiary alicyclic amines) is 2. The second-order valence-corrected chi connectivity index (χ2v) is 13.0. The molecule has 4 aromatic rings. The van der Waals surface area contributed by atoms with E-state index in [0.717, 1.165) is 77.0 Å². The highest BCUT2D eigenvalue weighted by molar-refractivity contribution is 5.82. The molecule has 10 heteroatoms. The average Bonchev–Trinajstić information content (AvgIpc) is 3.71. The number of benzene rings is 2. The van der Waals surface area contributed by atoms with Crippen molar-refractivity contribution in [2.75, 3.05) is 13.1 Å². The molecule has 1 aliphatic carbocycles. The van der Waals surface area contributed by atoms with Crippen LogP contribution in [0.4, 0.5) is 0 Å². The zero-order valence-electron chi connectivity index (χ0n) is 26.3. The molecule has 1 saturated carbocycles. The maximum absolute atomic E-state index is 13.5. The van der Waals surface area contributed by atoms with E-state index in [-0.39, 0.29) is 35.7 Å². The van der Waals surface area contributed by atoms with Gasteiger partial charge < -0.3 is 18.8 Å². The number of aromatic nitrogens is 4. The molecule has 2 aromatic heterocycles. The zero-order valence-corrected chi connectivity index (χ0v) is 26.3. The molecule has 2 aliphatic heterocycles. The Morgan fingerprint density at radius 2 is 1.00 bits per heavy atom. The number of aryl methyl sites for hydroxylation is 4. The number of hydrogen-bond acceptors (Lipinski definition) is 8. The summed E-state index contributed by atoms with van der Waals surface area (Å²) >= 11 is 0. The molecule has 4 heterocycles. The van der Waals surface area contributed by atoms with Crippen LogP contribution in [0, 0.1) is 11.8 Å². The highest BCUT2D eigenvalue weighted by atomic mass is 16.5. The molecular formula is C36H42N6O4. The highest BCUT2D eigenvalue weighted by Gasteiger charge is 2.44. The van der Waals surface area contributed by atoms with Crippen LogP contribution in [-0.2, 0) is 35.3 Å². The summed E-state index contributed by atoms with van der Waals surface area (Å²) in [5, 5.41) is 8.38. The normalized spacial score (nSPS) is 22.7. The summed E-state index contributed by atoms with van der Waals surface area (Å²) in [6.45, 7) is 1.42. The van der Waals surface area contributed by atoms with Crippen LogP contribution in [0.2, 0.25) is 0 Å². The van der Waals surface area contributed by atoms with Crippen molar-refractivity contribution in [3.05, 3.63) is 95.2 Å². The standard InChI is InChI=1S/C36H42N6O4/c43-35(41-23-21-29(41)33-37-31(39-45-33)15-7-13-25-9-3-1-4-10-25)27-17-19-28(20-18-27)36(44)42-24-22-30(42)34-38-32(40-46-34)16-8-14-26-11-5-2-6-12-26/h1-6,9-12,27-30H,7-8,13-24H2/t27?,28?,29-,30-/m1/s1. The maximum Gasteiger partial charge on any atom is 0.249 e. The van der Waals surface area contributed by atoms with Gasteiger partial charge in [0.2, 0.25) is 23.6 Å². The van der Waals surface area contributed by atoms with Crippen LogP contribution in [0.5, 0.6) is 0 Å². The molecule has 3 aliphatic rings. The van der Waals surface area contributed by atoms with Gasteiger partial charge in [-0.1, -0.05) is 71.0 Å². The van der Waals surface area contributed by atoms with Gasteiger partial charge in [-0.15, -0.1) is 0 Å².